The van der Waals surface area contributed by atoms with Crippen molar-refractivity contribution in [2.24, 2.45) is 0 Å². The number of nitrogens with zero attached hydrogens (tertiary/aromatic N) is 2. The average Bonchev–Trinajstić information content (AvgIpc) is 2.35. The number of pyridine rings is 1. The molecule has 1 saturated heterocycles. The van der Waals surface area contributed by atoms with Crippen molar-refractivity contribution in [3.63, 3.8) is 0 Å². The molecule has 0 amide bonds. The van der Waals surface area contributed by atoms with E-state index in [4.69, 9.17) is 9.72 Å². The van der Waals surface area contributed by atoms with Crippen LogP contribution in [0.1, 0.15) is 25.1 Å². The SMILES string of the molecule is CNCc1ccc(N2CC(C)OCC2C)nc1C. The largest absolute Gasteiger partial charge is 0.375 e. The Kier molecular flexibility index (Phi) is 4.19. The molecule has 2 unspecified atom stereocenters. The summed E-state index contributed by atoms with van der Waals surface area (Å²) in [5.74, 6) is 1.06. The minimum absolute atomic E-state index is 0.278. The summed E-state index contributed by atoms with van der Waals surface area (Å²) < 4.78 is 5.65. The van der Waals surface area contributed by atoms with Gasteiger partial charge in [0.05, 0.1) is 18.8 Å². The van der Waals surface area contributed by atoms with E-state index in [1.165, 1.54) is 5.56 Å². The first-order chi connectivity index (χ1) is 8.61. The molecule has 1 aliphatic heterocycles. The predicted octanol–water partition coefficient (Wildman–Crippen LogP) is 1.72. The molecule has 1 aromatic rings. The number of aryl methyl sites for hydroxylation is 1. The molecule has 100 valence electrons. The van der Waals surface area contributed by atoms with E-state index in [1.807, 2.05) is 7.05 Å². The Hall–Kier alpha value is -1.13. The van der Waals surface area contributed by atoms with Crippen LogP contribution in [0.3, 0.4) is 0 Å². The smallest absolute Gasteiger partial charge is 0.129 e. The number of hydrogen-bond acceptors (Lipinski definition) is 4. The number of rotatable bonds is 3. The second-order valence-corrected chi connectivity index (χ2v) is 5.09. The second-order valence-electron chi connectivity index (χ2n) is 5.09. The third-order valence-electron chi connectivity index (χ3n) is 3.45. The quantitative estimate of drug-likeness (QED) is 0.885. The van der Waals surface area contributed by atoms with Crippen molar-refractivity contribution in [1.82, 2.24) is 10.3 Å². The summed E-state index contributed by atoms with van der Waals surface area (Å²) in [6.07, 6.45) is 0.278. The van der Waals surface area contributed by atoms with Gasteiger partial charge in [-0.2, -0.15) is 0 Å². The third-order valence-corrected chi connectivity index (χ3v) is 3.45. The van der Waals surface area contributed by atoms with Crippen molar-refractivity contribution in [1.29, 1.82) is 0 Å². The summed E-state index contributed by atoms with van der Waals surface area (Å²) in [5.41, 5.74) is 2.36. The fraction of sp³-hybridized carbons (Fsp3) is 0.643. The minimum Gasteiger partial charge on any atom is -0.375 e. The maximum absolute atomic E-state index is 5.65. The molecule has 0 spiro atoms. The molecular weight excluding hydrogens is 226 g/mol. The zero-order valence-electron chi connectivity index (χ0n) is 11.7. The monoisotopic (exact) mass is 249 g/mol. The zero-order chi connectivity index (χ0) is 13.1. The fourth-order valence-corrected chi connectivity index (χ4v) is 2.34. The maximum atomic E-state index is 5.65. The van der Waals surface area contributed by atoms with E-state index in [1.54, 1.807) is 0 Å². The van der Waals surface area contributed by atoms with Gasteiger partial charge in [0.25, 0.3) is 0 Å². The normalized spacial score (nSPS) is 24.3. The molecular formula is C14H23N3O. The molecule has 0 aliphatic carbocycles. The molecule has 2 heterocycles. The van der Waals surface area contributed by atoms with Crippen LogP contribution in [0.4, 0.5) is 5.82 Å². The van der Waals surface area contributed by atoms with E-state index < -0.39 is 0 Å². The van der Waals surface area contributed by atoms with Crippen LogP contribution < -0.4 is 10.2 Å². The van der Waals surface area contributed by atoms with Crippen LogP contribution in [0.15, 0.2) is 12.1 Å². The summed E-state index contributed by atoms with van der Waals surface area (Å²) in [5, 5.41) is 3.17. The lowest BCUT2D eigenvalue weighted by Crippen LogP contribution is -2.47. The highest BCUT2D eigenvalue weighted by molar-refractivity contribution is 5.43. The van der Waals surface area contributed by atoms with Crippen molar-refractivity contribution in [2.45, 2.75) is 39.5 Å². The van der Waals surface area contributed by atoms with Crippen molar-refractivity contribution < 1.29 is 4.74 Å². The molecule has 2 rings (SSSR count). The number of hydrogen-bond donors (Lipinski definition) is 1. The van der Waals surface area contributed by atoms with Crippen LogP contribution >= 0.6 is 0 Å². The number of ether oxygens (including phenoxy) is 1. The van der Waals surface area contributed by atoms with E-state index in [0.717, 1.165) is 31.2 Å². The van der Waals surface area contributed by atoms with Gasteiger partial charge < -0.3 is 15.0 Å². The standard InChI is InChI=1S/C14H23N3O/c1-10-9-18-11(2)8-17(10)14-6-5-13(7-15-4)12(3)16-14/h5-6,10-11,15H,7-9H2,1-4H3. The van der Waals surface area contributed by atoms with Crippen LogP contribution in [-0.2, 0) is 11.3 Å². The lowest BCUT2D eigenvalue weighted by molar-refractivity contribution is 0.0340. The van der Waals surface area contributed by atoms with Gasteiger partial charge in [-0.15, -0.1) is 0 Å². The molecule has 1 N–H and O–H groups in total. The molecule has 0 radical (unpaired) electrons. The first-order valence-electron chi connectivity index (χ1n) is 6.61. The van der Waals surface area contributed by atoms with E-state index in [9.17, 15) is 0 Å². The van der Waals surface area contributed by atoms with Crippen molar-refractivity contribution in [2.75, 3.05) is 25.1 Å². The number of nitrogens with one attached hydrogen (secondary N) is 1. The Morgan fingerprint density at radius 1 is 1.44 bits per heavy atom. The van der Waals surface area contributed by atoms with Crippen LogP contribution in [-0.4, -0.2) is 37.3 Å². The third kappa shape index (κ3) is 2.82. The molecule has 0 aromatic carbocycles. The van der Waals surface area contributed by atoms with Crippen molar-refractivity contribution >= 4 is 5.82 Å². The predicted molar refractivity (Wildman–Crippen MR) is 74.0 cm³/mol. The highest BCUT2D eigenvalue weighted by atomic mass is 16.5. The molecule has 0 bridgehead atoms. The number of morpholine rings is 1. The number of anilines is 1. The van der Waals surface area contributed by atoms with E-state index in [-0.39, 0.29) is 6.10 Å². The molecule has 4 heteroatoms. The van der Waals surface area contributed by atoms with Gasteiger partial charge in [0.15, 0.2) is 0 Å². The van der Waals surface area contributed by atoms with Gasteiger partial charge in [0.1, 0.15) is 5.82 Å². The van der Waals surface area contributed by atoms with Gasteiger partial charge >= 0.3 is 0 Å². The molecule has 4 nitrogen and oxygen atoms in total. The summed E-state index contributed by atoms with van der Waals surface area (Å²) >= 11 is 0. The van der Waals surface area contributed by atoms with Crippen LogP contribution in [0, 0.1) is 6.92 Å². The van der Waals surface area contributed by atoms with Gasteiger partial charge in [-0.3, -0.25) is 0 Å². The van der Waals surface area contributed by atoms with E-state index >= 15 is 0 Å². The summed E-state index contributed by atoms with van der Waals surface area (Å²) in [7, 11) is 1.96. The highest BCUT2D eigenvalue weighted by Crippen LogP contribution is 2.21. The minimum atomic E-state index is 0.278. The van der Waals surface area contributed by atoms with Crippen molar-refractivity contribution in [3.05, 3.63) is 23.4 Å². The number of aromatic nitrogens is 1. The zero-order valence-corrected chi connectivity index (χ0v) is 11.7. The summed E-state index contributed by atoms with van der Waals surface area (Å²) in [6.45, 7) is 8.93. The second kappa shape index (κ2) is 5.67. The van der Waals surface area contributed by atoms with Crippen LogP contribution in [0.2, 0.25) is 0 Å². The summed E-state index contributed by atoms with van der Waals surface area (Å²) in [4.78, 5) is 7.07. The van der Waals surface area contributed by atoms with Crippen LogP contribution in [0.25, 0.3) is 0 Å². The Bertz CT molecular complexity index is 408. The van der Waals surface area contributed by atoms with Gasteiger partial charge in [-0.1, -0.05) is 6.07 Å². The molecule has 18 heavy (non-hydrogen) atoms. The lowest BCUT2D eigenvalue weighted by Gasteiger charge is -2.37. The molecule has 1 aromatic heterocycles. The highest BCUT2D eigenvalue weighted by Gasteiger charge is 2.24. The maximum Gasteiger partial charge on any atom is 0.129 e. The lowest BCUT2D eigenvalue weighted by atomic mass is 10.1. The fourth-order valence-electron chi connectivity index (χ4n) is 2.34. The van der Waals surface area contributed by atoms with E-state index in [0.29, 0.717) is 6.04 Å². The molecule has 2 atom stereocenters. The van der Waals surface area contributed by atoms with Gasteiger partial charge in [-0.25, -0.2) is 4.98 Å². The Morgan fingerprint density at radius 3 is 2.89 bits per heavy atom. The van der Waals surface area contributed by atoms with Gasteiger partial charge in [-0.05, 0) is 39.4 Å². The Labute approximate surface area is 109 Å². The molecule has 0 saturated carbocycles. The first-order valence-corrected chi connectivity index (χ1v) is 6.61. The first kappa shape index (κ1) is 13.3. The van der Waals surface area contributed by atoms with Crippen molar-refractivity contribution in [3.8, 4) is 0 Å². The topological polar surface area (TPSA) is 37.4 Å². The van der Waals surface area contributed by atoms with Gasteiger partial charge in [0.2, 0.25) is 0 Å². The van der Waals surface area contributed by atoms with Gasteiger partial charge in [0, 0.05) is 18.8 Å². The summed E-state index contributed by atoms with van der Waals surface area (Å²) in [6, 6.07) is 4.68. The van der Waals surface area contributed by atoms with Crippen LogP contribution in [0.5, 0.6) is 0 Å². The Morgan fingerprint density at radius 2 is 2.22 bits per heavy atom. The molecule has 1 aliphatic rings. The average molecular weight is 249 g/mol. The molecule has 1 fully saturated rings. The van der Waals surface area contributed by atoms with E-state index in [2.05, 4.69) is 43.1 Å². The Balaban J connectivity index is 2.19.